The Labute approximate surface area is 138 Å². The molecule has 2 aromatic rings. The Balaban J connectivity index is 2.31. The van der Waals surface area contributed by atoms with Crippen molar-refractivity contribution >= 4 is 38.9 Å². The van der Waals surface area contributed by atoms with E-state index in [-0.39, 0.29) is 22.5 Å². The summed E-state index contributed by atoms with van der Waals surface area (Å²) < 4.78 is 0.336. The lowest BCUT2D eigenvalue weighted by Gasteiger charge is -2.09. The van der Waals surface area contributed by atoms with Gasteiger partial charge in [-0.15, -0.1) is 0 Å². The number of amides is 1. The minimum absolute atomic E-state index is 0.124. The Bertz CT molecular complexity index is 822. The van der Waals surface area contributed by atoms with E-state index in [1.807, 2.05) is 0 Å². The number of carbonyl (C=O) groups is 1. The van der Waals surface area contributed by atoms with Crippen LogP contribution in [0.2, 0.25) is 0 Å². The van der Waals surface area contributed by atoms with Crippen LogP contribution in [0.4, 0.5) is 17.1 Å². The highest BCUT2D eigenvalue weighted by atomic mass is 79.9. The monoisotopic (exact) mass is 379 g/mol. The number of rotatable bonds is 4. The number of carbonyl (C=O) groups excluding carboxylic acids is 1. The second kappa shape index (κ2) is 6.53. The number of nitro benzene ring substituents is 2. The summed E-state index contributed by atoms with van der Waals surface area (Å²) in [7, 11) is 0. The molecule has 0 saturated carbocycles. The summed E-state index contributed by atoms with van der Waals surface area (Å²) in [4.78, 5) is 32.8. The van der Waals surface area contributed by atoms with Gasteiger partial charge < -0.3 is 5.32 Å². The predicted molar refractivity (Wildman–Crippen MR) is 86.6 cm³/mol. The van der Waals surface area contributed by atoms with Crippen molar-refractivity contribution in [2.24, 2.45) is 0 Å². The SMILES string of the molecule is Cc1c(C(=O)Nc2ccc([N+](=O)[O-])cc2Br)cccc1[N+](=O)[O-]. The summed E-state index contributed by atoms with van der Waals surface area (Å²) in [6.07, 6.45) is 0. The fourth-order valence-electron chi connectivity index (χ4n) is 1.98. The van der Waals surface area contributed by atoms with E-state index < -0.39 is 15.8 Å². The first kappa shape index (κ1) is 16.6. The van der Waals surface area contributed by atoms with Crippen molar-refractivity contribution in [3.05, 3.63) is 72.2 Å². The number of nitrogens with one attached hydrogen (secondary N) is 1. The van der Waals surface area contributed by atoms with Crippen molar-refractivity contribution in [3.8, 4) is 0 Å². The topological polar surface area (TPSA) is 115 Å². The lowest BCUT2D eigenvalue weighted by Crippen LogP contribution is -2.14. The largest absolute Gasteiger partial charge is 0.321 e. The molecule has 118 valence electrons. The van der Waals surface area contributed by atoms with Gasteiger partial charge in [0.05, 0.1) is 15.5 Å². The molecule has 0 aromatic heterocycles. The van der Waals surface area contributed by atoms with Gasteiger partial charge in [-0.3, -0.25) is 25.0 Å². The van der Waals surface area contributed by atoms with E-state index in [0.29, 0.717) is 10.2 Å². The van der Waals surface area contributed by atoms with Crippen molar-refractivity contribution in [2.45, 2.75) is 6.92 Å². The number of nitrogens with zero attached hydrogens (tertiary/aromatic N) is 2. The molecule has 0 unspecified atom stereocenters. The maximum atomic E-state index is 12.3. The van der Waals surface area contributed by atoms with Crippen molar-refractivity contribution in [2.75, 3.05) is 5.32 Å². The molecule has 1 amide bonds. The van der Waals surface area contributed by atoms with Crippen LogP contribution >= 0.6 is 15.9 Å². The first-order valence-electron chi connectivity index (χ1n) is 6.30. The highest BCUT2D eigenvalue weighted by Crippen LogP contribution is 2.28. The van der Waals surface area contributed by atoms with E-state index in [1.54, 1.807) is 0 Å². The van der Waals surface area contributed by atoms with Crippen LogP contribution in [-0.4, -0.2) is 15.8 Å². The molecule has 0 heterocycles. The molecule has 2 rings (SSSR count). The quantitative estimate of drug-likeness (QED) is 0.639. The lowest BCUT2D eigenvalue weighted by molar-refractivity contribution is -0.385. The summed E-state index contributed by atoms with van der Waals surface area (Å²) >= 11 is 3.15. The maximum absolute atomic E-state index is 12.3. The van der Waals surface area contributed by atoms with Gasteiger partial charge in [-0.05, 0) is 35.0 Å². The molecule has 8 nitrogen and oxygen atoms in total. The summed E-state index contributed by atoms with van der Waals surface area (Å²) in [5.74, 6) is -0.541. The van der Waals surface area contributed by atoms with E-state index in [1.165, 1.54) is 43.3 Å². The second-order valence-corrected chi connectivity index (χ2v) is 5.44. The van der Waals surface area contributed by atoms with Crippen molar-refractivity contribution in [1.29, 1.82) is 0 Å². The third-order valence-corrected chi connectivity index (χ3v) is 3.81. The third-order valence-electron chi connectivity index (χ3n) is 3.16. The molecule has 0 bridgehead atoms. The Morgan fingerprint density at radius 2 is 1.83 bits per heavy atom. The van der Waals surface area contributed by atoms with E-state index in [4.69, 9.17) is 0 Å². The number of nitro groups is 2. The number of anilines is 1. The molecular formula is C14H10BrN3O5. The Morgan fingerprint density at radius 1 is 1.13 bits per heavy atom. The fraction of sp³-hybridized carbons (Fsp3) is 0.0714. The van der Waals surface area contributed by atoms with Gasteiger partial charge in [0.15, 0.2) is 0 Å². The molecule has 0 radical (unpaired) electrons. The van der Waals surface area contributed by atoms with Crippen LogP contribution < -0.4 is 5.32 Å². The van der Waals surface area contributed by atoms with Crippen LogP contribution in [0.25, 0.3) is 0 Å². The minimum Gasteiger partial charge on any atom is -0.321 e. The number of halogens is 1. The summed E-state index contributed by atoms with van der Waals surface area (Å²) in [6.45, 7) is 1.48. The molecule has 0 aliphatic heterocycles. The highest BCUT2D eigenvalue weighted by Gasteiger charge is 2.19. The molecule has 0 spiro atoms. The molecule has 0 aliphatic carbocycles. The zero-order chi connectivity index (χ0) is 17.1. The molecule has 0 fully saturated rings. The Kier molecular flexibility index (Phi) is 4.70. The average molecular weight is 380 g/mol. The van der Waals surface area contributed by atoms with Gasteiger partial charge in [-0.25, -0.2) is 0 Å². The van der Waals surface area contributed by atoms with Crippen LogP contribution in [-0.2, 0) is 0 Å². The van der Waals surface area contributed by atoms with Crippen LogP contribution in [0.1, 0.15) is 15.9 Å². The molecule has 9 heteroatoms. The van der Waals surface area contributed by atoms with Crippen LogP contribution in [0.3, 0.4) is 0 Å². The zero-order valence-corrected chi connectivity index (χ0v) is 13.4. The van der Waals surface area contributed by atoms with Gasteiger partial charge >= 0.3 is 0 Å². The first-order valence-corrected chi connectivity index (χ1v) is 7.10. The third kappa shape index (κ3) is 3.51. The fourth-order valence-corrected chi connectivity index (χ4v) is 2.44. The van der Waals surface area contributed by atoms with Gasteiger partial charge in [-0.1, -0.05) is 6.07 Å². The van der Waals surface area contributed by atoms with Crippen LogP contribution in [0.15, 0.2) is 40.9 Å². The van der Waals surface area contributed by atoms with Crippen molar-refractivity contribution in [3.63, 3.8) is 0 Å². The zero-order valence-electron chi connectivity index (χ0n) is 11.8. The number of hydrogen-bond acceptors (Lipinski definition) is 5. The normalized spacial score (nSPS) is 10.2. The van der Waals surface area contributed by atoms with Crippen LogP contribution in [0, 0.1) is 27.2 Å². The Hall–Kier alpha value is -2.81. The predicted octanol–water partition coefficient (Wildman–Crippen LogP) is 3.83. The summed E-state index contributed by atoms with van der Waals surface area (Å²) in [5, 5.41) is 24.2. The standard InChI is InChI=1S/C14H10BrN3O5/c1-8-10(3-2-4-13(8)18(22)23)14(19)16-12-6-5-9(17(20)21)7-11(12)15/h2-7H,1H3,(H,16,19). The first-order chi connectivity index (χ1) is 10.8. The van der Waals surface area contributed by atoms with E-state index in [2.05, 4.69) is 21.2 Å². The molecule has 0 atom stereocenters. The van der Waals surface area contributed by atoms with E-state index in [0.717, 1.165) is 0 Å². The molecule has 1 N–H and O–H groups in total. The minimum atomic E-state index is -0.562. The number of non-ortho nitro benzene ring substituents is 1. The number of hydrogen-bond donors (Lipinski definition) is 1. The molecule has 2 aromatic carbocycles. The van der Waals surface area contributed by atoms with E-state index >= 15 is 0 Å². The van der Waals surface area contributed by atoms with Gasteiger partial charge in [0, 0.05) is 33.8 Å². The van der Waals surface area contributed by atoms with Gasteiger partial charge in [-0.2, -0.15) is 0 Å². The van der Waals surface area contributed by atoms with Crippen LogP contribution in [0.5, 0.6) is 0 Å². The van der Waals surface area contributed by atoms with Gasteiger partial charge in [0.2, 0.25) is 0 Å². The highest BCUT2D eigenvalue weighted by molar-refractivity contribution is 9.10. The summed E-state index contributed by atoms with van der Waals surface area (Å²) in [5.41, 5.74) is 0.450. The molecule has 0 saturated heterocycles. The smallest absolute Gasteiger partial charge is 0.273 e. The average Bonchev–Trinajstić information content (AvgIpc) is 2.48. The molecule has 23 heavy (non-hydrogen) atoms. The van der Waals surface area contributed by atoms with Gasteiger partial charge in [0.1, 0.15) is 0 Å². The van der Waals surface area contributed by atoms with E-state index in [9.17, 15) is 25.0 Å². The Morgan fingerprint density at radius 3 is 2.39 bits per heavy atom. The van der Waals surface area contributed by atoms with Crippen molar-refractivity contribution in [1.82, 2.24) is 0 Å². The maximum Gasteiger partial charge on any atom is 0.273 e. The summed E-state index contributed by atoms with van der Waals surface area (Å²) in [6, 6.07) is 8.10. The lowest BCUT2D eigenvalue weighted by atomic mass is 10.1. The number of benzene rings is 2. The van der Waals surface area contributed by atoms with Gasteiger partial charge in [0.25, 0.3) is 17.3 Å². The molecule has 0 aliphatic rings. The van der Waals surface area contributed by atoms with Crippen molar-refractivity contribution < 1.29 is 14.6 Å². The molecular weight excluding hydrogens is 370 g/mol. The second-order valence-electron chi connectivity index (χ2n) is 4.58.